The van der Waals surface area contributed by atoms with Gasteiger partial charge >= 0.3 is 0 Å². The second kappa shape index (κ2) is 5.92. The number of nitrogens with two attached hydrogens (primary N) is 1. The van der Waals surface area contributed by atoms with E-state index in [9.17, 15) is 8.42 Å². The summed E-state index contributed by atoms with van der Waals surface area (Å²) in [5.74, 6) is 0.473. The molecule has 0 spiro atoms. The van der Waals surface area contributed by atoms with Crippen LogP contribution < -0.4 is 5.73 Å². The first-order chi connectivity index (χ1) is 9.32. The Labute approximate surface area is 126 Å². The van der Waals surface area contributed by atoms with Crippen LogP contribution in [0.4, 0.5) is 5.69 Å². The summed E-state index contributed by atoms with van der Waals surface area (Å²) in [6.45, 7) is 2.33. The first-order valence-corrected chi connectivity index (χ1v) is 8.66. The van der Waals surface area contributed by atoms with Crippen molar-refractivity contribution in [1.82, 2.24) is 4.31 Å². The predicted molar refractivity (Wildman–Crippen MR) is 82.4 cm³/mol. The number of hydrogen-bond donors (Lipinski definition) is 1. The maximum Gasteiger partial charge on any atom is 0.242 e. The van der Waals surface area contributed by atoms with Crippen LogP contribution in [0.15, 0.2) is 17.0 Å². The van der Waals surface area contributed by atoms with Gasteiger partial charge in [0.2, 0.25) is 10.0 Å². The van der Waals surface area contributed by atoms with E-state index >= 15 is 0 Å². The summed E-state index contributed by atoms with van der Waals surface area (Å²) in [5.41, 5.74) is 6.75. The number of aryl methyl sites for hydroxylation is 1. The number of anilines is 1. The standard InChI is InChI=1S/C14H21ClN2O2S/c1-10-7-12(8-13(16)14(10)15)20(18,19)17(2)9-11-5-3-4-6-11/h7-8,11H,3-6,9,16H2,1-2H3. The Balaban J connectivity index is 2.25. The highest BCUT2D eigenvalue weighted by Crippen LogP contribution is 2.30. The third-order valence-corrected chi connectivity index (χ3v) is 6.27. The summed E-state index contributed by atoms with van der Waals surface area (Å²) in [5, 5.41) is 0.419. The second-order valence-corrected chi connectivity index (χ2v) is 8.00. The van der Waals surface area contributed by atoms with Crippen molar-refractivity contribution in [2.45, 2.75) is 37.5 Å². The molecule has 0 radical (unpaired) electrons. The Morgan fingerprint density at radius 1 is 1.35 bits per heavy atom. The zero-order valence-corrected chi connectivity index (χ0v) is 13.5. The Morgan fingerprint density at radius 3 is 2.50 bits per heavy atom. The molecular formula is C14H21ClN2O2S. The molecule has 20 heavy (non-hydrogen) atoms. The highest BCUT2D eigenvalue weighted by molar-refractivity contribution is 7.89. The molecule has 112 valence electrons. The van der Waals surface area contributed by atoms with Crippen LogP contribution >= 0.6 is 11.6 Å². The molecule has 6 heteroatoms. The van der Waals surface area contributed by atoms with Crippen LogP contribution in [0.5, 0.6) is 0 Å². The van der Waals surface area contributed by atoms with Gasteiger partial charge in [-0.15, -0.1) is 0 Å². The van der Waals surface area contributed by atoms with Crippen molar-refractivity contribution in [3.8, 4) is 0 Å². The van der Waals surface area contributed by atoms with Crippen LogP contribution in [0.1, 0.15) is 31.2 Å². The summed E-state index contributed by atoms with van der Waals surface area (Å²) < 4.78 is 26.6. The van der Waals surface area contributed by atoms with E-state index in [4.69, 9.17) is 17.3 Å². The van der Waals surface area contributed by atoms with Gasteiger partial charge in [0.05, 0.1) is 15.6 Å². The SMILES string of the molecule is Cc1cc(S(=O)(=O)N(C)CC2CCCC2)cc(N)c1Cl. The predicted octanol–water partition coefficient (Wildman–Crippen LogP) is 3.04. The minimum atomic E-state index is -3.49. The largest absolute Gasteiger partial charge is 0.397 e. The number of nitrogen functional groups attached to an aromatic ring is 1. The molecular weight excluding hydrogens is 296 g/mol. The molecule has 0 atom stereocenters. The second-order valence-electron chi connectivity index (χ2n) is 5.58. The normalized spacial score (nSPS) is 17.0. The highest BCUT2D eigenvalue weighted by atomic mass is 35.5. The van der Waals surface area contributed by atoms with Crippen molar-refractivity contribution in [2.24, 2.45) is 5.92 Å². The Morgan fingerprint density at radius 2 is 1.95 bits per heavy atom. The summed E-state index contributed by atoms with van der Waals surface area (Å²) >= 11 is 5.98. The quantitative estimate of drug-likeness (QED) is 0.868. The monoisotopic (exact) mass is 316 g/mol. The molecule has 0 heterocycles. The maximum atomic E-state index is 12.6. The minimum absolute atomic E-state index is 0.220. The van der Waals surface area contributed by atoms with Crippen LogP contribution in [0.3, 0.4) is 0 Å². The van der Waals surface area contributed by atoms with Crippen LogP contribution in [0.25, 0.3) is 0 Å². The fraction of sp³-hybridized carbons (Fsp3) is 0.571. The molecule has 0 unspecified atom stereocenters. The fourth-order valence-corrected chi connectivity index (χ4v) is 4.22. The summed E-state index contributed by atoms with van der Waals surface area (Å²) in [4.78, 5) is 0.220. The third kappa shape index (κ3) is 3.10. The van der Waals surface area contributed by atoms with E-state index in [1.807, 2.05) is 0 Å². The molecule has 1 aliphatic carbocycles. The van der Waals surface area contributed by atoms with E-state index in [-0.39, 0.29) is 4.90 Å². The fourth-order valence-electron chi connectivity index (χ4n) is 2.75. The number of sulfonamides is 1. The molecule has 1 aromatic carbocycles. The van der Waals surface area contributed by atoms with Gasteiger partial charge in [-0.1, -0.05) is 24.4 Å². The number of halogens is 1. The van der Waals surface area contributed by atoms with Crippen molar-refractivity contribution in [3.63, 3.8) is 0 Å². The number of benzene rings is 1. The van der Waals surface area contributed by atoms with Crippen molar-refractivity contribution in [3.05, 3.63) is 22.7 Å². The first kappa shape index (κ1) is 15.6. The number of rotatable bonds is 4. The lowest BCUT2D eigenvalue weighted by Gasteiger charge is -2.21. The lowest BCUT2D eigenvalue weighted by molar-refractivity contribution is 0.387. The minimum Gasteiger partial charge on any atom is -0.397 e. The number of hydrogen-bond acceptors (Lipinski definition) is 3. The molecule has 0 bridgehead atoms. The molecule has 0 aromatic heterocycles. The molecule has 1 fully saturated rings. The van der Waals surface area contributed by atoms with Crippen molar-refractivity contribution < 1.29 is 8.42 Å². The average Bonchev–Trinajstić information content (AvgIpc) is 2.88. The summed E-state index contributed by atoms with van der Waals surface area (Å²) in [6.07, 6.45) is 4.63. The van der Waals surface area contributed by atoms with E-state index in [1.165, 1.54) is 23.2 Å². The summed E-state index contributed by atoms with van der Waals surface area (Å²) in [6, 6.07) is 3.02. The molecule has 2 N–H and O–H groups in total. The topological polar surface area (TPSA) is 63.4 Å². The smallest absolute Gasteiger partial charge is 0.242 e. The van der Waals surface area contributed by atoms with Gasteiger partial charge in [-0.3, -0.25) is 0 Å². The highest BCUT2D eigenvalue weighted by Gasteiger charge is 2.26. The molecule has 2 rings (SSSR count). The van der Waals surface area contributed by atoms with Gasteiger partial charge in [-0.2, -0.15) is 0 Å². The molecule has 1 saturated carbocycles. The van der Waals surface area contributed by atoms with Crippen molar-refractivity contribution >= 4 is 27.3 Å². The van der Waals surface area contributed by atoms with Crippen LogP contribution in [-0.2, 0) is 10.0 Å². The lowest BCUT2D eigenvalue weighted by atomic mass is 10.1. The zero-order valence-electron chi connectivity index (χ0n) is 11.9. The molecule has 4 nitrogen and oxygen atoms in total. The average molecular weight is 317 g/mol. The van der Waals surface area contributed by atoms with E-state index in [2.05, 4.69) is 0 Å². The van der Waals surface area contributed by atoms with Crippen LogP contribution in [0.2, 0.25) is 5.02 Å². The van der Waals surface area contributed by atoms with Gasteiger partial charge in [0.1, 0.15) is 0 Å². The van der Waals surface area contributed by atoms with Crippen molar-refractivity contribution in [2.75, 3.05) is 19.3 Å². The van der Waals surface area contributed by atoms with Gasteiger partial charge in [-0.05, 0) is 43.4 Å². The molecule has 0 amide bonds. The lowest BCUT2D eigenvalue weighted by Crippen LogP contribution is -2.31. The van der Waals surface area contributed by atoms with Gasteiger partial charge in [0, 0.05) is 13.6 Å². The van der Waals surface area contributed by atoms with Gasteiger partial charge in [0.25, 0.3) is 0 Å². The maximum absolute atomic E-state index is 12.6. The van der Waals surface area contributed by atoms with Crippen molar-refractivity contribution in [1.29, 1.82) is 0 Å². The van der Waals surface area contributed by atoms with E-state index in [1.54, 1.807) is 20.0 Å². The Kier molecular flexibility index (Phi) is 4.62. The van der Waals surface area contributed by atoms with Crippen LogP contribution in [0, 0.1) is 12.8 Å². The summed E-state index contributed by atoms with van der Waals surface area (Å²) in [7, 11) is -1.86. The van der Waals surface area contributed by atoms with E-state index in [0.717, 1.165) is 12.8 Å². The molecule has 0 saturated heterocycles. The first-order valence-electron chi connectivity index (χ1n) is 6.84. The van der Waals surface area contributed by atoms with Gasteiger partial charge in [0.15, 0.2) is 0 Å². The van der Waals surface area contributed by atoms with Gasteiger partial charge in [-0.25, -0.2) is 12.7 Å². The Hall–Kier alpha value is -0.780. The zero-order chi connectivity index (χ0) is 14.9. The molecule has 1 aromatic rings. The molecule has 0 aliphatic heterocycles. The third-order valence-electron chi connectivity index (χ3n) is 3.95. The Bertz CT molecular complexity index is 572. The molecule has 1 aliphatic rings. The van der Waals surface area contributed by atoms with E-state index in [0.29, 0.717) is 28.7 Å². The van der Waals surface area contributed by atoms with Crippen LogP contribution in [-0.4, -0.2) is 26.3 Å². The van der Waals surface area contributed by atoms with Gasteiger partial charge < -0.3 is 5.73 Å². The van der Waals surface area contributed by atoms with E-state index < -0.39 is 10.0 Å². The number of nitrogens with zero attached hydrogens (tertiary/aromatic N) is 1.